The second kappa shape index (κ2) is 6.73. The van der Waals surface area contributed by atoms with Gasteiger partial charge in [0.1, 0.15) is 5.75 Å². The van der Waals surface area contributed by atoms with E-state index in [1.807, 2.05) is 30.9 Å². The summed E-state index contributed by atoms with van der Waals surface area (Å²) in [5, 5.41) is 9.51. The van der Waals surface area contributed by atoms with Crippen molar-refractivity contribution in [2.75, 3.05) is 39.8 Å². The number of carbonyl (C=O) groups is 1. The van der Waals surface area contributed by atoms with Gasteiger partial charge in [-0.15, -0.1) is 0 Å². The largest absolute Gasteiger partial charge is 0.496 e. The SMILES string of the molecule is COc1cc(C2(C(=O)N3CCN(C[C@H](C)O)CC3)CC2)ccc1C. The molecule has 0 radical (unpaired) electrons. The minimum absolute atomic E-state index is 0.255. The number of aliphatic hydroxyl groups excluding tert-OH is 1. The highest BCUT2D eigenvalue weighted by Crippen LogP contribution is 2.50. The molecule has 1 aliphatic heterocycles. The number of piperazine rings is 1. The highest BCUT2D eigenvalue weighted by molar-refractivity contribution is 5.91. The molecule has 5 nitrogen and oxygen atoms in total. The van der Waals surface area contributed by atoms with E-state index in [0.29, 0.717) is 6.54 Å². The van der Waals surface area contributed by atoms with Crippen molar-refractivity contribution in [1.29, 1.82) is 0 Å². The monoisotopic (exact) mass is 332 g/mol. The van der Waals surface area contributed by atoms with Crippen LogP contribution in [0.1, 0.15) is 30.9 Å². The summed E-state index contributed by atoms with van der Waals surface area (Å²) in [5.41, 5.74) is 1.84. The maximum Gasteiger partial charge on any atom is 0.233 e. The highest BCUT2D eigenvalue weighted by Gasteiger charge is 2.53. The number of amides is 1. The molecule has 1 heterocycles. The smallest absolute Gasteiger partial charge is 0.233 e. The van der Waals surface area contributed by atoms with Crippen LogP contribution in [0.15, 0.2) is 18.2 Å². The molecule has 1 saturated carbocycles. The number of aliphatic hydroxyl groups is 1. The fourth-order valence-corrected chi connectivity index (χ4v) is 3.68. The van der Waals surface area contributed by atoms with E-state index in [4.69, 9.17) is 4.74 Å². The van der Waals surface area contributed by atoms with E-state index in [-0.39, 0.29) is 17.4 Å². The van der Waals surface area contributed by atoms with Gasteiger partial charge in [0.05, 0.1) is 18.6 Å². The number of β-amino-alcohol motifs (C(OH)–C–C–N with tert-alkyl or cyclic N) is 1. The van der Waals surface area contributed by atoms with Crippen LogP contribution < -0.4 is 4.74 Å². The summed E-state index contributed by atoms with van der Waals surface area (Å²) < 4.78 is 5.43. The molecule has 2 aliphatic rings. The molecule has 0 bridgehead atoms. The van der Waals surface area contributed by atoms with Crippen molar-refractivity contribution in [1.82, 2.24) is 9.80 Å². The summed E-state index contributed by atoms with van der Waals surface area (Å²) in [7, 11) is 1.68. The molecule has 132 valence electrons. The van der Waals surface area contributed by atoms with Crippen molar-refractivity contribution in [3.8, 4) is 5.75 Å². The lowest BCUT2D eigenvalue weighted by molar-refractivity contribution is -0.135. The lowest BCUT2D eigenvalue weighted by atomic mass is 9.92. The van der Waals surface area contributed by atoms with Crippen LogP contribution in [0, 0.1) is 6.92 Å². The number of hydrogen-bond acceptors (Lipinski definition) is 4. The topological polar surface area (TPSA) is 53.0 Å². The van der Waals surface area contributed by atoms with Gasteiger partial charge in [-0.2, -0.15) is 0 Å². The standard InChI is InChI=1S/C19H28N2O3/c1-14-4-5-16(12-17(14)24-3)19(6-7-19)18(23)21-10-8-20(9-11-21)13-15(2)22/h4-5,12,15,22H,6-11,13H2,1-3H3/t15-/m0/s1. The molecule has 0 unspecified atom stereocenters. The average Bonchev–Trinajstić information content (AvgIpc) is 3.36. The van der Waals surface area contributed by atoms with E-state index in [0.717, 1.165) is 55.9 Å². The first-order valence-corrected chi connectivity index (χ1v) is 8.81. The third kappa shape index (κ3) is 3.28. The summed E-state index contributed by atoms with van der Waals surface area (Å²) in [4.78, 5) is 17.3. The summed E-state index contributed by atoms with van der Waals surface area (Å²) in [5.74, 6) is 1.11. The van der Waals surface area contributed by atoms with Gasteiger partial charge in [0, 0.05) is 32.7 Å². The van der Waals surface area contributed by atoms with Crippen LogP contribution in [0.2, 0.25) is 0 Å². The molecule has 3 rings (SSSR count). The molecule has 2 fully saturated rings. The third-order valence-corrected chi connectivity index (χ3v) is 5.30. The number of hydrogen-bond donors (Lipinski definition) is 1. The second-order valence-electron chi connectivity index (χ2n) is 7.21. The lowest BCUT2D eigenvalue weighted by Gasteiger charge is -2.37. The fraction of sp³-hybridized carbons (Fsp3) is 0.632. The van der Waals surface area contributed by atoms with Gasteiger partial charge >= 0.3 is 0 Å². The van der Waals surface area contributed by atoms with Gasteiger partial charge in [-0.25, -0.2) is 0 Å². The van der Waals surface area contributed by atoms with Gasteiger partial charge in [-0.1, -0.05) is 12.1 Å². The number of benzene rings is 1. The number of nitrogens with zero attached hydrogens (tertiary/aromatic N) is 2. The first-order chi connectivity index (χ1) is 11.5. The van der Waals surface area contributed by atoms with Gasteiger partial charge in [0.25, 0.3) is 0 Å². The van der Waals surface area contributed by atoms with Gasteiger partial charge < -0.3 is 14.7 Å². The molecule has 0 aromatic heterocycles. The van der Waals surface area contributed by atoms with Crippen molar-refractivity contribution >= 4 is 5.91 Å². The predicted molar refractivity (Wildman–Crippen MR) is 93.3 cm³/mol. The van der Waals surface area contributed by atoms with Crippen LogP contribution in [-0.4, -0.2) is 66.8 Å². The van der Waals surface area contributed by atoms with Gasteiger partial charge in [-0.05, 0) is 43.9 Å². The molecule has 1 N–H and O–H groups in total. The first-order valence-electron chi connectivity index (χ1n) is 8.81. The van der Waals surface area contributed by atoms with E-state index in [1.54, 1.807) is 7.11 Å². The van der Waals surface area contributed by atoms with Crippen molar-refractivity contribution in [3.63, 3.8) is 0 Å². The van der Waals surface area contributed by atoms with Crippen molar-refractivity contribution in [2.24, 2.45) is 0 Å². The van der Waals surface area contributed by atoms with Crippen LogP contribution in [0.25, 0.3) is 0 Å². The molecule has 24 heavy (non-hydrogen) atoms. The maximum atomic E-state index is 13.1. The molecule has 1 aliphatic carbocycles. The third-order valence-electron chi connectivity index (χ3n) is 5.30. The zero-order valence-corrected chi connectivity index (χ0v) is 14.9. The minimum atomic E-state index is -0.340. The normalized spacial score (nSPS) is 21.4. The second-order valence-corrected chi connectivity index (χ2v) is 7.21. The number of carbonyl (C=O) groups excluding carboxylic acids is 1. The van der Waals surface area contributed by atoms with Crippen molar-refractivity contribution in [3.05, 3.63) is 29.3 Å². The van der Waals surface area contributed by atoms with Crippen LogP contribution in [0.5, 0.6) is 5.75 Å². The molecule has 5 heteroatoms. The molecular formula is C19H28N2O3. The van der Waals surface area contributed by atoms with Gasteiger partial charge in [-0.3, -0.25) is 9.69 Å². The van der Waals surface area contributed by atoms with Crippen LogP contribution >= 0.6 is 0 Å². The Balaban J connectivity index is 1.69. The molecule has 1 aromatic rings. The Morgan fingerprint density at radius 3 is 2.50 bits per heavy atom. The Labute approximate surface area is 144 Å². The molecule has 1 aromatic carbocycles. The first kappa shape index (κ1) is 17.2. The zero-order valence-electron chi connectivity index (χ0n) is 14.9. The molecule has 1 atom stereocenters. The number of methoxy groups -OCH3 is 1. The number of ether oxygens (including phenoxy) is 1. The average molecular weight is 332 g/mol. The van der Waals surface area contributed by atoms with E-state index in [1.165, 1.54) is 0 Å². The molecule has 0 spiro atoms. The fourth-order valence-electron chi connectivity index (χ4n) is 3.68. The Morgan fingerprint density at radius 1 is 1.29 bits per heavy atom. The van der Waals surface area contributed by atoms with Gasteiger partial charge in [0.2, 0.25) is 5.91 Å². The van der Waals surface area contributed by atoms with E-state index in [9.17, 15) is 9.90 Å². The minimum Gasteiger partial charge on any atom is -0.496 e. The van der Waals surface area contributed by atoms with E-state index >= 15 is 0 Å². The van der Waals surface area contributed by atoms with E-state index < -0.39 is 0 Å². The molecule has 1 amide bonds. The zero-order chi connectivity index (χ0) is 17.3. The Bertz CT molecular complexity index is 603. The van der Waals surface area contributed by atoms with Crippen LogP contribution in [-0.2, 0) is 10.2 Å². The van der Waals surface area contributed by atoms with E-state index in [2.05, 4.69) is 11.0 Å². The summed E-state index contributed by atoms with van der Waals surface area (Å²) in [6, 6.07) is 6.15. The Morgan fingerprint density at radius 2 is 1.96 bits per heavy atom. The summed E-state index contributed by atoms with van der Waals surface area (Å²) in [6.45, 7) is 7.68. The summed E-state index contributed by atoms with van der Waals surface area (Å²) in [6.07, 6.45) is 1.53. The Kier molecular flexibility index (Phi) is 4.83. The highest BCUT2D eigenvalue weighted by atomic mass is 16.5. The quantitative estimate of drug-likeness (QED) is 0.889. The van der Waals surface area contributed by atoms with Crippen LogP contribution in [0.4, 0.5) is 0 Å². The summed E-state index contributed by atoms with van der Waals surface area (Å²) >= 11 is 0. The molecule has 1 saturated heterocycles. The van der Waals surface area contributed by atoms with Gasteiger partial charge in [0.15, 0.2) is 0 Å². The number of rotatable bonds is 5. The Hall–Kier alpha value is -1.59. The van der Waals surface area contributed by atoms with Crippen molar-refractivity contribution < 1.29 is 14.6 Å². The number of aryl methyl sites for hydroxylation is 1. The van der Waals surface area contributed by atoms with Crippen molar-refractivity contribution in [2.45, 2.75) is 38.2 Å². The predicted octanol–water partition coefficient (Wildman–Crippen LogP) is 1.56. The molecular weight excluding hydrogens is 304 g/mol. The lowest BCUT2D eigenvalue weighted by Crippen LogP contribution is -2.52. The maximum absolute atomic E-state index is 13.1. The van der Waals surface area contributed by atoms with Crippen LogP contribution in [0.3, 0.4) is 0 Å².